The highest BCUT2D eigenvalue weighted by Crippen LogP contribution is 2.24. The van der Waals surface area contributed by atoms with Crippen LogP contribution < -0.4 is 20.9 Å². The number of rotatable bonds is 7. The fourth-order valence-electron chi connectivity index (χ4n) is 3.89. The molecule has 0 radical (unpaired) electrons. The first kappa shape index (κ1) is 22.8. The van der Waals surface area contributed by atoms with Gasteiger partial charge in [-0.1, -0.05) is 0 Å². The zero-order chi connectivity index (χ0) is 24.4. The molecule has 2 aromatic heterocycles. The van der Waals surface area contributed by atoms with Gasteiger partial charge in [0.1, 0.15) is 11.5 Å². The molecule has 4 N–H and O–H groups in total. The molecule has 10 nitrogen and oxygen atoms in total. The van der Waals surface area contributed by atoms with Gasteiger partial charge in [-0.2, -0.15) is 0 Å². The number of aliphatic imine (C=N–C) groups is 1. The first-order valence-corrected chi connectivity index (χ1v) is 11.6. The average Bonchev–Trinajstić information content (AvgIpc) is 3.69. The number of ketones is 1. The molecule has 1 saturated heterocycles. The molecule has 180 valence electrons. The lowest BCUT2D eigenvalue weighted by atomic mass is 10.0. The van der Waals surface area contributed by atoms with Crippen molar-refractivity contribution in [2.75, 3.05) is 36.4 Å². The van der Waals surface area contributed by atoms with Gasteiger partial charge in [-0.05, 0) is 37.1 Å². The Balaban J connectivity index is 1.34. The van der Waals surface area contributed by atoms with Crippen LogP contribution in [0.5, 0.6) is 0 Å². The summed E-state index contributed by atoms with van der Waals surface area (Å²) in [7, 11) is 0. The largest absolute Gasteiger partial charge is 0.379 e. The number of carbonyl (C=O) groups is 1. The molecule has 5 rings (SSSR count). The van der Waals surface area contributed by atoms with Crippen LogP contribution >= 0.6 is 0 Å². The van der Waals surface area contributed by atoms with E-state index in [1.807, 2.05) is 12.1 Å². The Labute approximate surface area is 202 Å². The summed E-state index contributed by atoms with van der Waals surface area (Å²) in [6, 6.07) is 4.04. The van der Waals surface area contributed by atoms with Gasteiger partial charge < -0.3 is 20.9 Å². The maximum atomic E-state index is 14.6. The van der Waals surface area contributed by atoms with Crippen LogP contribution in [-0.2, 0) is 4.79 Å². The van der Waals surface area contributed by atoms with E-state index in [1.54, 1.807) is 18.3 Å². The summed E-state index contributed by atoms with van der Waals surface area (Å²) in [5.74, 6) is -0.275. The van der Waals surface area contributed by atoms with Crippen LogP contribution in [0, 0.1) is 11.2 Å². The lowest BCUT2D eigenvalue weighted by molar-refractivity contribution is -0.114. The van der Waals surface area contributed by atoms with E-state index >= 15 is 0 Å². The highest BCUT2D eigenvalue weighted by atomic mass is 19.1. The van der Waals surface area contributed by atoms with Gasteiger partial charge in [-0.15, -0.1) is 0 Å². The molecular weight excluding hydrogens is 449 g/mol. The van der Waals surface area contributed by atoms with E-state index in [0.29, 0.717) is 17.1 Å². The van der Waals surface area contributed by atoms with Crippen LogP contribution in [-0.4, -0.2) is 64.5 Å². The topological polar surface area (TPSA) is 131 Å². The van der Waals surface area contributed by atoms with Crippen LogP contribution in [0.15, 0.2) is 52.9 Å². The van der Waals surface area contributed by atoms with E-state index in [1.165, 1.54) is 6.92 Å². The molecule has 0 atom stereocenters. The zero-order valence-corrected chi connectivity index (χ0v) is 19.3. The predicted molar refractivity (Wildman–Crippen MR) is 132 cm³/mol. The Hall–Kier alpha value is -3.99. The van der Waals surface area contributed by atoms with Crippen LogP contribution in [0.4, 0.5) is 21.8 Å². The number of amidine groups is 1. The molecule has 4 heterocycles. The number of dihydropyridines is 1. The molecule has 0 aromatic carbocycles. The maximum absolute atomic E-state index is 14.6. The molecule has 0 spiro atoms. The van der Waals surface area contributed by atoms with E-state index in [2.05, 4.69) is 40.8 Å². The van der Waals surface area contributed by atoms with E-state index in [9.17, 15) is 9.18 Å². The molecule has 35 heavy (non-hydrogen) atoms. The molecule has 2 aliphatic heterocycles. The summed E-state index contributed by atoms with van der Waals surface area (Å²) in [6.07, 6.45) is 7.97. The van der Waals surface area contributed by atoms with Crippen molar-refractivity contribution in [2.24, 2.45) is 4.99 Å². The van der Waals surface area contributed by atoms with Gasteiger partial charge in [-0.3, -0.25) is 10.2 Å². The van der Waals surface area contributed by atoms with Gasteiger partial charge in [0.2, 0.25) is 5.95 Å². The van der Waals surface area contributed by atoms with E-state index in [4.69, 9.17) is 5.41 Å². The number of pyridine rings is 1. The van der Waals surface area contributed by atoms with Crippen molar-refractivity contribution in [3.8, 4) is 0 Å². The number of nitrogens with zero attached hydrogens (tertiary/aromatic N) is 5. The first-order valence-electron chi connectivity index (χ1n) is 11.6. The Morgan fingerprint density at radius 2 is 1.97 bits per heavy atom. The third-order valence-corrected chi connectivity index (χ3v) is 5.90. The number of nitrogens with one attached hydrogen (secondary N) is 4. The van der Waals surface area contributed by atoms with Gasteiger partial charge in [0.05, 0.1) is 29.5 Å². The first-order chi connectivity index (χ1) is 17.0. The Morgan fingerprint density at radius 3 is 2.63 bits per heavy atom. The molecule has 1 aliphatic carbocycles. The van der Waals surface area contributed by atoms with Crippen molar-refractivity contribution >= 4 is 34.8 Å². The molecule has 0 bridgehead atoms. The standard InChI is InChI=1S/C24H26FN9O/c1-14(35)21(30-15-2-3-15)17-5-6-19(31-23(17)26)22-18(25)13-29-24(33-22)32-20-7-4-16(12-28-20)34-10-8-27-9-11-34/h4-7,12-13,15,26-27,30H,2-3,8-11H2,1H3,(H,28,29,32,33)/b21-17-,26-23?. The minimum atomic E-state index is -0.663. The number of allylic oxidation sites excluding steroid dienone is 2. The lowest BCUT2D eigenvalue weighted by Crippen LogP contribution is -2.43. The fraction of sp³-hybridized carbons (Fsp3) is 0.333. The fourth-order valence-corrected chi connectivity index (χ4v) is 3.89. The summed E-state index contributed by atoms with van der Waals surface area (Å²) in [5, 5.41) is 17.8. The summed E-state index contributed by atoms with van der Waals surface area (Å²) in [6.45, 7) is 5.17. The zero-order valence-electron chi connectivity index (χ0n) is 19.3. The molecular formula is C24H26FN9O. The molecule has 0 amide bonds. The van der Waals surface area contributed by atoms with Crippen molar-refractivity contribution in [3.63, 3.8) is 0 Å². The van der Waals surface area contributed by atoms with Crippen LogP contribution in [0.25, 0.3) is 0 Å². The van der Waals surface area contributed by atoms with Crippen molar-refractivity contribution in [1.82, 2.24) is 25.6 Å². The summed E-state index contributed by atoms with van der Waals surface area (Å²) >= 11 is 0. The van der Waals surface area contributed by atoms with Crippen LogP contribution in [0.2, 0.25) is 0 Å². The minimum Gasteiger partial charge on any atom is -0.379 e. The predicted octanol–water partition coefficient (Wildman–Crippen LogP) is 2.10. The normalized spacial score (nSPS) is 19.3. The number of hydrogen-bond donors (Lipinski definition) is 4. The average molecular weight is 476 g/mol. The molecule has 3 aliphatic rings. The van der Waals surface area contributed by atoms with Gasteiger partial charge in [0, 0.05) is 44.7 Å². The van der Waals surface area contributed by atoms with Crippen molar-refractivity contribution in [2.45, 2.75) is 25.8 Å². The number of anilines is 3. The summed E-state index contributed by atoms with van der Waals surface area (Å²) in [4.78, 5) is 31.3. The van der Waals surface area contributed by atoms with E-state index in [-0.39, 0.29) is 35.0 Å². The number of carbonyl (C=O) groups excluding carboxylic acids is 1. The maximum Gasteiger partial charge on any atom is 0.229 e. The summed E-state index contributed by atoms with van der Waals surface area (Å²) < 4.78 is 14.6. The Morgan fingerprint density at radius 1 is 1.17 bits per heavy atom. The molecule has 2 fully saturated rings. The molecule has 2 aromatic rings. The second-order valence-corrected chi connectivity index (χ2v) is 8.60. The monoisotopic (exact) mass is 475 g/mol. The van der Waals surface area contributed by atoms with Crippen molar-refractivity contribution in [1.29, 1.82) is 5.41 Å². The number of aromatic nitrogens is 3. The Kier molecular flexibility index (Phi) is 6.32. The van der Waals surface area contributed by atoms with E-state index in [0.717, 1.165) is 50.9 Å². The second-order valence-electron chi connectivity index (χ2n) is 8.60. The molecule has 0 unspecified atom stereocenters. The SMILES string of the molecule is CC(=O)/C(NC1CC1)=C1\C=CC(c2nc(Nc3ccc(N4CCNCC4)cn3)ncc2F)=NC1=N. The smallest absolute Gasteiger partial charge is 0.229 e. The van der Waals surface area contributed by atoms with Crippen LogP contribution in [0.1, 0.15) is 25.5 Å². The molecule has 11 heteroatoms. The van der Waals surface area contributed by atoms with Crippen LogP contribution in [0.3, 0.4) is 0 Å². The Bertz CT molecular complexity index is 1240. The van der Waals surface area contributed by atoms with Gasteiger partial charge in [0.25, 0.3) is 0 Å². The quantitative estimate of drug-likeness (QED) is 0.448. The van der Waals surface area contributed by atoms with Gasteiger partial charge in [-0.25, -0.2) is 24.3 Å². The molecule has 1 saturated carbocycles. The minimum absolute atomic E-state index is 0.0421. The number of piperazine rings is 1. The van der Waals surface area contributed by atoms with Gasteiger partial charge in [0.15, 0.2) is 17.4 Å². The lowest BCUT2D eigenvalue weighted by Gasteiger charge is -2.29. The van der Waals surface area contributed by atoms with Crippen molar-refractivity contribution < 1.29 is 9.18 Å². The van der Waals surface area contributed by atoms with Crippen molar-refractivity contribution in [3.05, 3.63) is 59.5 Å². The highest BCUT2D eigenvalue weighted by molar-refractivity contribution is 6.21. The second kappa shape index (κ2) is 9.71. The number of hydrogen-bond acceptors (Lipinski definition) is 9. The third kappa shape index (κ3) is 5.24. The third-order valence-electron chi connectivity index (χ3n) is 5.90. The van der Waals surface area contributed by atoms with E-state index < -0.39 is 5.82 Å². The highest BCUT2D eigenvalue weighted by Gasteiger charge is 2.27. The number of halogens is 1. The van der Waals surface area contributed by atoms with Gasteiger partial charge >= 0.3 is 0 Å². The number of Topliss-reactive ketones (excluding diaryl/α,β-unsaturated/α-hetero) is 1. The summed E-state index contributed by atoms with van der Waals surface area (Å²) in [5.41, 5.74) is 1.91.